The van der Waals surface area contributed by atoms with E-state index in [1.54, 1.807) is 0 Å². The number of benzene rings is 1. The van der Waals surface area contributed by atoms with E-state index in [0.717, 1.165) is 24.3 Å². The van der Waals surface area contributed by atoms with Gasteiger partial charge in [-0.3, -0.25) is 10.1 Å². The number of nitrogens with zero attached hydrogens (tertiary/aromatic N) is 1. The second-order valence-electron chi connectivity index (χ2n) is 3.37. The van der Waals surface area contributed by atoms with Gasteiger partial charge in [-0.1, -0.05) is 12.1 Å². The molecule has 0 saturated carbocycles. The number of hydrogen-bond acceptors (Lipinski definition) is 6. The largest absolute Gasteiger partial charge is 0.549 e. The highest BCUT2D eigenvalue weighted by molar-refractivity contribution is 6.31. The fraction of sp³-hybridized carbons (Fsp3) is 0.200. The van der Waals surface area contributed by atoms with Gasteiger partial charge >= 0.3 is 0 Å². The molecule has 18 heavy (non-hydrogen) atoms. The van der Waals surface area contributed by atoms with Crippen LogP contribution in [0.3, 0.4) is 0 Å². The molecule has 7 nitrogen and oxygen atoms in total. The van der Waals surface area contributed by atoms with Crippen LogP contribution >= 0.6 is 11.6 Å². The first-order chi connectivity index (χ1) is 8.34. The van der Waals surface area contributed by atoms with Gasteiger partial charge < -0.3 is 19.8 Å². The number of carboxylic acids is 2. The van der Waals surface area contributed by atoms with Gasteiger partial charge in [0.2, 0.25) is 0 Å². The topological polar surface area (TPSA) is 123 Å². The van der Waals surface area contributed by atoms with E-state index < -0.39 is 28.2 Å². The van der Waals surface area contributed by atoms with E-state index >= 15 is 0 Å². The molecule has 0 saturated heterocycles. The molecule has 8 heteroatoms. The van der Waals surface area contributed by atoms with Crippen LogP contribution in [0.15, 0.2) is 24.3 Å². The first kappa shape index (κ1) is 13.9. The molecule has 2 atom stereocenters. The van der Waals surface area contributed by atoms with Crippen molar-refractivity contribution in [3.63, 3.8) is 0 Å². The van der Waals surface area contributed by atoms with Gasteiger partial charge in [0, 0.05) is 18.1 Å². The number of carbonyl (C=O) groups is 2. The summed E-state index contributed by atoms with van der Waals surface area (Å²) in [6.45, 7) is 0. The molecule has 0 aromatic heterocycles. The molecule has 0 fully saturated rings. The van der Waals surface area contributed by atoms with Crippen molar-refractivity contribution in [2.45, 2.75) is 11.3 Å². The van der Waals surface area contributed by atoms with E-state index in [1.165, 1.54) is 0 Å². The molecule has 0 N–H and O–H groups in total. The third-order valence-electron chi connectivity index (χ3n) is 2.23. The minimum atomic E-state index is -1.82. The number of nitro benzene ring substituents is 1. The molecule has 0 amide bonds. The van der Waals surface area contributed by atoms with E-state index in [-0.39, 0.29) is 11.3 Å². The van der Waals surface area contributed by atoms with Crippen LogP contribution in [0, 0.1) is 10.1 Å². The number of halogens is 1. The summed E-state index contributed by atoms with van der Waals surface area (Å²) >= 11 is 5.40. The normalized spacial score (nSPS) is 13.6. The molecule has 1 aromatic rings. The average Bonchev–Trinajstić information content (AvgIpc) is 2.29. The monoisotopic (exact) mass is 271 g/mol. The molecule has 0 aliphatic carbocycles. The van der Waals surface area contributed by atoms with Crippen molar-refractivity contribution in [3.05, 3.63) is 39.9 Å². The maximum atomic E-state index is 10.8. The van der Waals surface area contributed by atoms with E-state index in [1.807, 2.05) is 0 Å². The maximum Gasteiger partial charge on any atom is 0.269 e. The summed E-state index contributed by atoms with van der Waals surface area (Å²) in [7, 11) is 0. The number of alkyl halides is 1. The van der Waals surface area contributed by atoms with Gasteiger partial charge in [-0.15, -0.1) is 11.6 Å². The van der Waals surface area contributed by atoms with Crippen LogP contribution < -0.4 is 10.2 Å². The number of nitro groups is 1. The zero-order chi connectivity index (χ0) is 13.9. The van der Waals surface area contributed by atoms with Crippen LogP contribution in [0.1, 0.15) is 11.5 Å². The second-order valence-corrected chi connectivity index (χ2v) is 3.84. The second kappa shape index (κ2) is 5.46. The van der Waals surface area contributed by atoms with Gasteiger partial charge in [-0.2, -0.15) is 0 Å². The smallest absolute Gasteiger partial charge is 0.269 e. The molecule has 0 radical (unpaired) electrons. The lowest BCUT2D eigenvalue weighted by Gasteiger charge is -2.24. The summed E-state index contributed by atoms with van der Waals surface area (Å²) in [4.78, 5) is 31.1. The van der Waals surface area contributed by atoms with Gasteiger partial charge in [0.25, 0.3) is 5.69 Å². The zero-order valence-electron chi connectivity index (χ0n) is 8.74. The molecule has 0 bridgehead atoms. The highest BCUT2D eigenvalue weighted by atomic mass is 35.5. The first-order valence-corrected chi connectivity index (χ1v) is 5.08. The molecule has 0 unspecified atom stereocenters. The van der Waals surface area contributed by atoms with Crippen molar-refractivity contribution in [2.24, 2.45) is 0 Å². The standard InChI is InChI=1S/C10H8ClNO6/c11-8(10(15)16)7(9(13)14)5-1-3-6(4-2-5)12(17)18/h1-4,7-8H,(H,13,14)(H,15,16)/p-2/t7-,8-/m0/s1. The Morgan fingerprint density at radius 3 is 1.94 bits per heavy atom. The van der Waals surface area contributed by atoms with Gasteiger partial charge in [-0.05, 0) is 5.56 Å². The molecular weight excluding hydrogens is 266 g/mol. The Morgan fingerprint density at radius 2 is 1.61 bits per heavy atom. The van der Waals surface area contributed by atoms with Crippen LogP contribution in [0.2, 0.25) is 0 Å². The van der Waals surface area contributed by atoms with Crippen LogP contribution in [-0.4, -0.2) is 22.2 Å². The van der Waals surface area contributed by atoms with Crippen molar-refractivity contribution in [1.29, 1.82) is 0 Å². The lowest BCUT2D eigenvalue weighted by molar-refractivity contribution is -0.384. The third kappa shape index (κ3) is 2.95. The quantitative estimate of drug-likeness (QED) is 0.376. The summed E-state index contributed by atoms with van der Waals surface area (Å²) in [5.41, 5.74) is -0.264. The van der Waals surface area contributed by atoms with Crippen molar-refractivity contribution < 1.29 is 24.7 Å². The Hall–Kier alpha value is -2.15. The Bertz CT molecular complexity index is 486. The maximum absolute atomic E-state index is 10.8. The lowest BCUT2D eigenvalue weighted by Crippen LogP contribution is -2.43. The summed E-state index contributed by atoms with van der Waals surface area (Å²) in [6, 6.07) is 4.31. The van der Waals surface area contributed by atoms with Crippen LogP contribution in [0.25, 0.3) is 0 Å². The number of carbonyl (C=O) groups excluding carboxylic acids is 2. The van der Waals surface area contributed by atoms with Crippen molar-refractivity contribution in [2.75, 3.05) is 0 Å². The Kier molecular flexibility index (Phi) is 4.22. The van der Waals surface area contributed by atoms with Crippen LogP contribution in [0.5, 0.6) is 0 Å². The number of rotatable bonds is 5. The van der Waals surface area contributed by atoms with E-state index in [4.69, 9.17) is 11.6 Å². The predicted octanol–water partition coefficient (Wildman–Crippen LogP) is -1.21. The van der Waals surface area contributed by atoms with Gasteiger partial charge in [0.1, 0.15) is 0 Å². The molecule has 0 aliphatic rings. The number of hydrogen-bond donors (Lipinski definition) is 0. The fourth-order valence-corrected chi connectivity index (χ4v) is 1.61. The number of non-ortho nitro benzene ring substituents is 1. The van der Waals surface area contributed by atoms with Crippen molar-refractivity contribution in [1.82, 2.24) is 0 Å². The van der Waals surface area contributed by atoms with Crippen molar-refractivity contribution in [3.8, 4) is 0 Å². The molecule has 0 spiro atoms. The Morgan fingerprint density at radius 1 is 1.11 bits per heavy atom. The number of carboxylic acid groups (broad SMARTS) is 2. The molecular formula is C10H6ClNO6-2. The summed E-state index contributed by atoms with van der Waals surface area (Å²) in [5, 5.41) is 30.0. The number of aliphatic carboxylic acids is 2. The highest BCUT2D eigenvalue weighted by Gasteiger charge is 2.24. The van der Waals surface area contributed by atoms with Crippen LogP contribution in [0.4, 0.5) is 5.69 Å². The fourth-order valence-electron chi connectivity index (χ4n) is 1.36. The molecule has 1 aromatic carbocycles. The van der Waals surface area contributed by atoms with Gasteiger partial charge in [-0.25, -0.2) is 0 Å². The molecule has 0 heterocycles. The zero-order valence-corrected chi connectivity index (χ0v) is 9.49. The Balaban J connectivity index is 3.11. The first-order valence-electron chi connectivity index (χ1n) is 4.64. The van der Waals surface area contributed by atoms with Crippen molar-refractivity contribution >= 4 is 29.2 Å². The Labute approximate surface area is 106 Å². The molecule has 96 valence electrons. The SMILES string of the molecule is O=C([O-])[C@@H](Cl)[C@@H](C(=O)[O-])c1ccc([N+](=O)[O-])cc1. The van der Waals surface area contributed by atoms with Gasteiger partial charge in [0.05, 0.1) is 22.2 Å². The predicted molar refractivity (Wildman–Crippen MR) is 55.5 cm³/mol. The highest BCUT2D eigenvalue weighted by Crippen LogP contribution is 2.25. The minimum Gasteiger partial charge on any atom is -0.549 e. The average molecular weight is 272 g/mol. The van der Waals surface area contributed by atoms with E-state index in [9.17, 15) is 29.9 Å². The summed E-state index contributed by atoms with van der Waals surface area (Å²) in [5.74, 6) is -5.10. The molecule has 0 aliphatic heterocycles. The van der Waals surface area contributed by atoms with Gasteiger partial charge in [0.15, 0.2) is 0 Å². The summed E-state index contributed by atoms with van der Waals surface area (Å²) in [6.07, 6.45) is 0. The summed E-state index contributed by atoms with van der Waals surface area (Å²) < 4.78 is 0. The van der Waals surface area contributed by atoms with Crippen LogP contribution in [-0.2, 0) is 9.59 Å². The minimum absolute atomic E-state index is 0.00944. The van der Waals surface area contributed by atoms with E-state index in [0.29, 0.717) is 0 Å². The lowest BCUT2D eigenvalue weighted by atomic mass is 9.95. The van der Waals surface area contributed by atoms with E-state index in [2.05, 4.69) is 0 Å². The molecule has 1 rings (SSSR count). The third-order valence-corrected chi connectivity index (χ3v) is 2.66.